The first kappa shape index (κ1) is 17.8. The van der Waals surface area contributed by atoms with E-state index in [2.05, 4.69) is 15.5 Å². The van der Waals surface area contributed by atoms with Crippen LogP contribution in [0.3, 0.4) is 0 Å². The third kappa shape index (κ3) is 4.78. The Bertz CT molecular complexity index is 868. The molecule has 1 unspecified atom stereocenters. The monoisotopic (exact) mass is 393 g/mol. The molecule has 3 aromatic rings. The van der Waals surface area contributed by atoms with Gasteiger partial charge in [0.1, 0.15) is 10.8 Å². The van der Waals surface area contributed by atoms with Crippen LogP contribution in [0.1, 0.15) is 6.92 Å². The molecule has 0 spiro atoms. The highest BCUT2D eigenvalue weighted by molar-refractivity contribution is 8.00. The van der Waals surface area contributed by atoms with E-state index < -0.39 is 0 Å². The van der Waals surface area contributed by atoms with Gasteiger partial charge in [-0.2, -0.15) is 0 Å². The van der Waals surface area contributed by atoms with E-state index in [0.717, 1.165) is 10.5 Å². The summed E-state index contributed by atoms with van der Waals surface area (Å²) in [6.45, 7) is 1.82. The first-order valence-electron chi connectivity index (χ1n) is 7.34. The summed E-state index contributed by atoms with van der Waals surface area (Å²) in [6, 6.07) is 13.3. The molecule has 1 N–H and O–H groups in total. The fraction of sp³-hybridized carbons (Fsp3) is 0.118. The molecule has 3 rings (SSSR count). The van der Waals surface area contributed by atoms with Crippen molar-refractivity contribution in [1.82, 2.24) is 10.2 Å². The number of aromatic nitrogens is 2. The number of hydrogen-bond donors (Lipinski definition) is 1. The van der Waals surface area contributed by atoms with E-state index in [0.29, 0.717) is 15.2 Å². The molecule has 4 nitrogen and oxygen atoms in total. The molecule has 1 aromatic heterocycles. The highest BCUT2D eigenvalue weighted by Crippen LogP contribution is 2.28. The summed E-state index contributed by atoms with van der Waals surface area (Å²) in [6.07, 6.45) is 0. The van der Waals surface area contributed by atoms with Gasteiger partial charge in [0.25, 0.3) is 0 Å². The van der Waals surface area contributed by atoms with Crippen LogP contribution in [0.2, 0.25) is 5.02 Å². The van der Waals surface area contributed by atoms with Gasteiger partial charge >= 0.3 is 0 Å². The topological polar surface area (TPSA) is 54.9 Å². The van der Waals surface area contributed by atoms with Gasteiger partial charge in [-0.15, -0.1) is 22.0 Å². The molecule has 1 amide bonds. The SMILES string of the molecule is CC(Sc1ccc(Cl)cc1)C(=O)Nc1nnc(-c2ccc(F)cc2)s1. The van der Waals surface area contributed by atoms with Crippen molar-refractivity contribution in [2.75, 3.05) is 5.32 Å². The minimum absolute atomic E-state index is 0.165. The maximum atomic E-state index is 13.0. The number of thioether (sulfide) groups is 1. The van der Waals surface area contributed by atoms with Gasteiger partial charge in [0.05, 0.1) is 5.25 Å². The van der Waals surface area contributed by atoms with Crippen LogP contribution in [-0.2, 0) is 4.79 Å². The second-order valence-corrected chi connectivity index (χ2v) is 7.95. The number of rotatable bonds is 5. The van der Waals surface area contributed by atoms with Gasteiger partial charge < -0.3 is 0 Å². The van der Waals surface area contributed by atoms with Gasteiger partial charge in [0, 0.05) is 15.5 Å². The minimum Gasteiger partial charge on any atom is -0.300 e. The molecule has 1 heterocycles. The van der Waals surface area contributed by atoms with Crippen molar-refractivity contribution >= 4 is 45.7 Å². The van der Waals surface area contributed by atoms with E-state index >= 15 is 0 Å². The number of carbonyl (C=O) groups excluding carboxylic acids is 1. The lowest BCUT2D eigenvalue weighted by molar-refractivity contribution is -0.115. The summed E-state index contributed by atoms with van der Waals surface area (Å²) in [7, 11) is 0. The largest absolute Gasteiger partial charge is 0.300 e. The molecule has 0 aliphatic carbocycles. The molecule has 0 aliphatic heterocycles. The first-order valence-corrected chi connectivity index (χ1v) is 9.41. The normalized spacial score (nSPS) is 12.0. The lowest BCUT2D eigenvalue weighted by Crippen LogP contribution is -2.22. The molecular weight excluding hydrogens is 381 g/mol. The number of halogens is 2. The first-order chi connectivity index (χ1) is 12.0. The summed E-state index contributed by atoms with van der Waals surface area (Å²) in [5, 5.41) is 12.1. The third-order valence-electron chi connectivity index (χ3n) is 3.24. The second-order valence-electron chi connectivity index (χ2n) is 5.12. The minimum atomic E-state index is -0.310. The molecule has 8 heteroatoms. The number of benzene rings is 2. The van der Waals surface area contributed by atoms with Crippen LogP contribution in [0, 0.1) is 5.82 Å². The highest BCUT2D eigenvalue weighted by Gasteiger charge is 2.17. The number of anilines is 1. The van der Waals surface area contributed by atoms with Crippen molar-refractivity contribution in [2.24, 2.45) is 0 Å². The summed E-state index contributed by atoms with van der Waals surface area (Å²) in [4.78, 5) is 13.3. The van der Waals surface area contributed by atoms with Gasteiger partial charge in [-0.3, -0.25) is 10.1 Å². The molecular formula is C17H13ClFN3OS2. The molecule has 2 aromatic carbocycles. The smallest absolute Gasteiger partial charge is 0.239 e. The van der Waals surface area contributed by atoms with Crippen molar-refractivity contribution in [3.63, 3.8) is 0 Å². The Morgan fingerprint density at radius 1 is 1.16 bits per heavy atom. The summed E-state index contributed by atoms with van der Waals surface area (Å²) in [5.41, 5.74) is 0.753. The molecule has 0 fully saturated rings. The third-order valence-corrected chi connectivity index (χ3v) is 5.49. The Morgan fingerprint density at radius 2 is 1.84 bits per heavy atom. The van der Waals surface area contributed by atoms with Crippen LogP contribution in [-0.4, -0.2) is 21.4 Å². The number of nitrogens with one attached hydrogen (secondary N) is 1. The molecule has 0 radical (unpaired) electrons. The fourth-order valence-electron chi connectivity index (χ4n) is 1.96. The number of hydrogen-bond acceptors (Lipinski definition) is 5. The summed E-state index contributed by atoms with van der Waals surface area (Å²) in [5.74, 6) is -0.475. The average molecular weight is 394 g/mol. The Labute approximate surface area is 157 Å². The zero-order valence-electron chi connectivity index (χ0n) is 13.1. The Hall–Kier alpha value is -1.96. The van der Waals surface area contributed by atoms with Gasteiger partial charge in [-0.05, 0) is 55.5 Å². The van der Waals surface area contributed by atoms with Crippen LogP contribution in [0.4, 0.5) is 9.52 Å². The average Bonchev–Trinajstić information content (AvgIpc) is 3.06. The van der Waals surface area contributed by atoms with E-state index in [-0.39, 0.29) is 17.0 Å². The number of amides is 1. The highest BCUT2D eigenvalue weighted by atomic mass is 35.5. The quantitative estimate of drug-likeness (QED) is 0.611. The van der Waals surface area contributed by atoms with Crippen LogP contribution in [0.5, 0.6) is 0 Å². The van der Waals surface area contributed by atoms with Crippen molar-refractivity contribution in [2.45, 2.75) is 17.1 Å². The summed E-state index contributed by atoms with van der Waals surface area (Å²) < 4.78 is 13.0. The van der Waals surface area contributed by atoms with Crippen LogP contribution in [0.25, 0.3) is 10.6 Å². The van der Waals surface area contributed by atoms with Crippen LogP contribution in [0.15, 0.2) is 53.4 Å². The van der Waals surface area contributed by atoms with Crippen molar-refractivity contribution in [1.29, 1.82) is 0 Å². The molecule has 1 atom stereocenters. The van der Waals surface area contributed by atoms with E-state index in [1.807, 2.05) is 19.1 Å². The number of nitrogens with zero attached hydrogens (tertiary/aromatic N) is 2. The van der Waals surface area contributed by atoms with E-state index in [1.54, 1.807) is 24.3 Å². The standard InChI is InChI=1S/C17H13ClFN3OS2/c1-10(24-14-8-4-12(18)5-9-14)15(23)20-17-22-21-16(25-17)11-2-6-13(19)7-3-11/h2-10H,1H3,(H,20,22,23). The predicted octanol–water partition coefficient (Wildman–Crippen LogP) is 5.12. The lowest BCUT2D eigenvalue weighted by Gasteiger charge is -2.10. The Kier molecular flexibility index (Phi) is 5.67. The molecule has 0 bridgehead atoms. The van der Waals surface area contributed by atoms with Crippen molar-refractivity contribution in [3.8, 4) is 10.6 Å². The maximum Gasteiger partial charge on any atom is 0.239 e. The molecule has 0 saturated heterocycles. The van der Waals surface area contributed by atoms with E-state index in [9.17, 15) is 9.18 Å². The molecule has 0 aliphatic rings. The molecule has 128 valence electrons. The maximum absolute atomic E-state index is 13.0. The van der Waals surface area contributed by atoms with Gasteiger partial charge in [0.15, 0.2) is 0 Å². The number of carbonyl (C=O) groups is 1. The van der Waals surface area contributed by atoms with Crippen molar-refractivity contribution in [3.05, 3.63) is 59.4 Å². The fourth-order valence-corrected chi connectivity index (χ4v) is 3.71. The van der Waals surface area contributed by atoms with Gasteiger partial charge in [0.2, 0.25) is 11.0 Å². The molecule has 25 heavy (non-hydrogen) atoms. The van der Waals surface area contributed by atoms with Gasteiger partial charge in [-0.25, -0.2) is 4.39 Å². The van der Waals surface area contributed by atoms with Crippen molar-refractivity contribution < 1.29 is 9.18 Å². The zero-order chi connectivity index (χ0) is 17.8. The predicted molar refractivity (Wildman–Crippen MR) is 101 cm³/mol. The Balaban J connectivity index is 1.62. The van der Waals surface area contributed by atoms with E-state index in [4.69, 9.17) is 11.6 Å². The lowest BCUT2D eigenvalue weighted by atomic mass is 10.2. The van der Waals surface area contributed by atoms with E-state index in [1.165, 1.54) is 35.2 Å². The molecule has 0 saturated carbocycles. The van der Waals surface area contributed by atoms with Crippen LogP contribution < -0.4 is 5.32 Å². The van der Waals surface area contributed by atoms with Gasteiger partial charge in [-0.1, -0.05) is 22.9 Å². The zero-order valence-corrected chi connectivity index (χ0v) is 15.5. The Morgan fingerprint density at radius 3 is 2.52 bits per heavy atom. The van der Waals surface area contributed by atoms with Crippen LogP contribution >= 0.6 is 34.7 Å². The summed E-state index contributed by atoms with van der Waals surface area (Å²) >= 11 is 8.53. The second kappa shape index (κ2) is 7.95.